The first kappa shape index (κ1) is 11.9. The number of nitrogens with zero attached hydrogens (tertiary/aromatic N) is 1. The molecule has 92 valence electrons. The Balaban J connectivity index is 2.34. The molecule has 1 fully saturated rings. The van der Waals surface area contributed by atoms with Crippen molar-refractivity contribution >= 4 is 15.9 Å². The maximum Gasteiger partial charge on any atom is 0.266 e. The number of benzene rings is 1. The Bertz CT molecular complexity index is 521. The Kier molecular flexibility index (Phi) is 3.06. The SMILES string of the molecule is COc1ccc(S(=O)(=O)N2CCCC2=O)cc1. The van der Waals surface area contributed by atoms with Gasteiger partial charge in [-0.1, -0.05) is 0 Å². The van der Waals surface area contributed by atoms with E-state index in [0.717, 1.165) is 4.31 Å². The van der Waals surface area contributed by atoms with E-state index < -0.39 is 10.0 Å². The zero-order chi connectivity index (χ0) is 12.5. The number of methoxy groups -OCH3 is 1. The summed E-state index contributed by atoms with van der Waals surface area (Å²) in [6.45, 7) is 0.271. The summed E-state index contributed by atoms with van der Waals surface area (Å²) in [7, 11) is -2.18. The molecule has 0 spiro atoms. The van der Waals surface area contributed by atoms with Crippen molar-refractivity contribution in [3.63, 3.8) is 0 Å². The summed E-state index contributed by atoms with van der Waals surface area (Å²) in [5, 5.41) is 0. The minimum Gasteiger partial charge on any atom is -0.497 e. The zero-order valence-electron chi connectivity index (χ0n) is 9.42. The van der Waals surface area contributed by atoms with Crippen LogP contribution in [0.4, 0.5) is 0 Å². The van der Waals surface area contributed by atoms with Crippen LogP contribution in [0, 0.1) is 0 Å². The van der Waals surface area contributed by atoms with Crippen LogP contribution in [0.25, 0.3) is 0 Å². The first-order valence-electron chi connectivity index (χ1n) is 5.25. The van der Waals surface area contributed by atoms with E-state index in [-0.39, 0.29) is 17.3 Å². The van der Waals surface area contributed by atoms with E-state index in [0.29, 0.717) is 18.6 Å². The first-order valence-corrected chi connectivity index (χ1v) is 6.69. The van der Waals surface area contributed by atoms with Crippen LogP contribution in [0.15, 0.2) is 29.2 Å². The van der Waals surface area contributed by atoms with Crippen molar-refractivity contribution in [2.75, 3.05) is 13.7 Å². The number of hydrogen-bond donors (Lipinski definition) is 0. The third-order valence-electron chi connectivity index (χ3n) is 2.68. The molecule has 0 unspecified atom stereocenters. The molecule has 0 aromatic heterocycles. The summed E-state index contributed by atoms with van der Waals surface area (Å²) in [5.41, 5.74) is 0. The topological polar surface area (TPSA) is 63.7 Å². The van der Waals surface area contributed by atoms with Gasteiger partial charge in [0.15, 0.2) is 0 Å². The molecular formula is C11H13NO4S. The summed E-state index contributed by atoms with van der Waals surface area (Å²) in [5.74, 6) is 0.248. The van der Waals surface area contributed by atoms with Crippen molar-refractivity contribution in [3.05, 3.63) is 24.3 Å². The van der Waals surface area contributed by atoms with Crippen molar-refractivity contribution in [1.82, 2.24) is 4.31 Å². The van der Waals surface area contributed by atoms with E-state index in [2.05, 4.69) is 0 Å². The molecule has 1 amide bonds. The van der Waals surface area contributed by atoms with E-state index in [1.807, 2.05) is 0 Å². The molecule has 0 saturated carbocycles. The van der Waals surface area contributed by atoms with Gasteiger partial charge in [0.05, 0.1) is 12.0 Å². The quantitative estimate of drug-likeness (QED) is 0.808. The molecule has 0 N–H and O–H groups in total. The molecule has 0 bridgehead atoms. The molecular weight excluding hydrogens is 242 g/mol. The van der Waals surface area contributed by atoms with Gasteiger partial charge in [0.25, 0.3) is 10.0 Å². The van der Waals surface area contributed by atoms with Gasteiger partial charge in [0.1, 0.15) is 5.75 Å². The molecule has 5 nitrogen and oxygen atoms in total. The second-order valence-corrected chi connectivity index (χ2v) is 5.61. The Morgan fingerprint density at radius 2 is 1.88 bits per heavy atom. The predicted molar refractivity (Wildman–Crippen MR) is 61.1 cm³/mol. The van der Waals surface area contributed by atoms with Gasteiger partial charge >= 0.3 is 0 Å². The molecule has 1 saturated heterocycles. The fourth-order valence-corrected chi connectivity index (χ4v) is 3.22. The van der Waals surface area contributed by atoms with Crippen LogP contribution in [0.2, 0.25) is 0 Å². The fraction of sp³-hybridized carbons (Fsp3) is 0.364. The van der Waals surface area contributed by atoms with Crippen LogP contribution in [-0.4, -0.2) is 32.3 Å². The minimum atomic E-state index is -3.68. The van der Waals surface area contributed by atoms with E-state index in [1.54, 1.807) is 12.1 Å². The highest BCUT2D eigenvalue weighted by Gasteiger charge is 2.32. The van der Waals surface area contributed by atoms with Gasteiger partial charge in [-0.3, -0.25) is 4.79 Å². The molecule has 17 heavy (non-hydrogen) atoms. The summed E-state index contributed by atoms with van der Waals surface area (Å²) in [6.07, 6.45) is 0.892. The predicted octanol–water partition coefficient (Wildman–Crippen LogP) is 1.01. The van der Waals surface area contributed by atoms with Gasteiger partial charge in [-0.25, -0.2) is 12.7 Å². The molecule has 0 radical (unpaired) electrons. The number of rotatable bonds is 3. The van der Waals surface area contributed by atoms with Gasteiger partial charge < -0.3 is 4.74 Å². The molecule has 1 heterocycles. The smallest absolute Gasteiger partial charge is 0.266 e. The van der Waals surface area contributed by atoms with Crippen molar-refractivity contribution in [2.24, 2.45) is 0 Å². The molecule has 0 atom stereocenters. The monoisotopic (exact) mass is 255 g/mol. The second kappa shape index (κ2) is 4.37. The number of carbonyl (C=O) groups is 1. The molecule has 1 aliphatic heterocycles. The number of ether oxygens (including phenoxy) is 1. The lowest BCUT2D eigenvalue weighted by Crippen LogP contribution is -2.31. The minimum absolute atomic E-state index is 0.119. The third kappa shape index (κ3) is 2.12. The summed E-state index contributed by atoms with van der Waals surface area (Å²) in [6, 6.07) is 6.01. The standard InChI is InChI=1S/C11H13NO4S/c1-16-9-4-6-10(7-5-9)17(14,15)12-8-2-3-11(12)13/h4-7H,2-3,8H2,1H3. The lowest BCUT2D eigenvalue weighted by atomic mass is 10.3. The lowest BCUT2D eigenvalue weighted by molar-refractivity contribution is -0.123. The van der Waals surface area contributed by atoms with Gasteiger partial charge in [0, 0.05) is 13.0 Å². The normalized spacial score (nSPS) is 16.3. The zero-order valence-corrected chi connectivity index (χ0v) is 10.2. The molecule has 1 aliphatic rings. The molecule has 2 rings (SSSR count). The second-order valence-electron chi connectivity index (χ2n) is 3.75. The highest BCUT2D eigenvalue weighted by molar-refractivity contribution is 7.89. The Morgan fingerprint density at radius 3 is 2.35 bits per heavy atom. The van der Waals surface area contributed by atoms with Gasteiger partial charge in [-0.15, -0.1) is 0 Å². The summed E-state index contributed by atoms with van der Waals surface area (Å²) in [4.78, 5) is 11.6. The Hall–Kier alpha value is -1.56. The number of sulfonamides is 1. The van der Waals surface area contributed by atoms with E-state index in [4.69, 9.17) is 4.74 Å². The number of carbonyl (C=O) groups excluding carboxylic acids is 1. The molecule has 0 aliphatic carbocycles. The maximum absolute atomic E-state index is 12.1. The van der Waals surface area contributed by atoms with Crippen LogP contribution < -0.4 is 4.74 Å². The number of amides is 1. The van der Waals surface area contributed by atoms with Crippen LogP contribution in [0.3, 0.4) is 0 Å². The van der Waals surface area contributed by atoms with Crippen LogP contribution in [0.5, 0.6) is 5.75 Å². The van der Waals surface area contributed by atoms with Crippen molar-refractivity contribution in [1.29, 1.82) is 0 Å². The van der Waals surface area contributed by atoms with Crippen LogP contribution >= 0.6 is 0 Å². The molecule has 1 aromatic carbocycles. The Labute approximate surface area is 100 Å². The molecule has 1 aromatic rings. The summed E-state index contributed by atoms with van der Waals surface area (Å²) >= 11 is 0. The van der Waals surface area contributed by atoms with Crippen molar-refractivity contribution in [2.45, 2.75) is 17.7 Å². The first-order chi connectivity index (χ1) is 8.05. The highest BCUT2D eigenvalue weighted by Crippen LogP contribution is 2.23. The highest BCUT2D eigenvalue weighted by atomic mass is 32.2. The molecule has 6 heteroatoms. The average Bonchev–Trinajstić information content (AvgIpc) is 2.76. The van der Waals surface area contributed by atoms with E-state index >= 15 is 0 Å². The Morgan fingerprint density at radius 1 is 1.24 bits per heavy atom. The largest absolute Gasteiger partial charge is 0.497 e. The summed E-state index contributed by atoms with van der Waals surface area (Å²) < 4.78 is 30.1. The van der Waals surface area contributed by atoms with Gasteiger partial charge in [-0.05, 0) is 30.7 Å². The van der Waals surface area contributed by atoms with Gasteiger partial charge in [0.2, 0.25) is 5.91 Å². The van der Waals surface area contributed by atoms with Crippen molar-refractivity contribution < 1.29 is 17.9 Å². The lowest BCUT2D eigenvalue weighted by Gasteiger charge is -2.16. The van der Waals surface area contributed by atoms with E-state index in [1.165, 1.54) is 19.2 Å². The van der Waals surface area contributed by atoms with Gasteiger partial charge in [-0.2, -0.15) is 0 Å². The third-order valence-corrected chi connectivity index (χ3v) is 4.51. The van der Waals surface area contributed by atoms with Crippen molar-refractivity contribution in [3.8, 4) is 5.75 Å². The van der Waals surface area contributed by atoms with E-state index in [9.17, 15) is 13.2 Å². The van der Waals surface area contributed by atoms with Crippen LogP contribution in [-0.2, 0) is 14.8 Å². The maximum atomic E-state index is 12.1. The average molecular weight is 255 g/mol. The van der Waals surface area contributed by atoms with Crippen LogP contribution in [0.1, 0.15) is 12.8 Å². The fourth-order valence-electron chi connectivity index (χ4n) is 1.75. The number of hydrogen-bond acceptors (Lipinski definition) is 4.